The van der Waals surface area contributed by atoms with Crippen LogP contribution in [0.4, 0.5) is 0 Å². The molecule has 0 aliphatic carbocycles. The SMILES string of the molecule is CCn1cc(CNC(=O)c2cc(-c3ccc(OC)cc3)nc3ccc(Br)cc23)cn1. The fourth-order valence-corrected chi connectivity index (χ4v) is 3.60. The second-order valence-electron chi connectivity index (χ2n) is 6.83. The van der Waals surface area contributed by atoms with E-state index in [4.69, 9.17) is 9.72 Å². The summed E-state index contributed by atoms with van der Waals surface area (Å²) in [6.07, 6.45) is 3.71. The van der Waals surface area contributed by atoms with Crippen molar-refractivity contribution >= 4 is 32.7 Å². The van der Waals surface area contributed by atoms with Gasteiger partial charge in [0, 0.05) is 40.3 Å². The van der Waals surface area contributed by atoms with Gasteiger partial charge in [-0.05, 0) is 55.5 Å². The number of carbonyl (C=O) groups excluding carboxylic acids is 1. The molecule has 30 heavy (non-hydrogen) atoms. The summed E-state index contributed by atoms with van der Waals surface area (Å²) in [6.45, 7) is 3.23. The van der Waals surface area contributed by atoms with Gasteiger partial charge in [-0.15, -0.1) is 0 Å². The summed E-state index contributed by atoms with van der Waals surface area (Å²) >= 11 is 3.50. The minimum absolute atomic E-state index is 0.153. The molecule has 0 radical (unpaired) electrons. The number of ether oxygens (including phenoxy) is 1. The van der Waals surface area contributed by atoms with E-state index < -0.39 is 0 Å². The first-order chi connectivity index (χ1) is 14.6. The maximum Gasteiger partial charge on any atom is 0.252 e. The molecular weight excluding hydrogens is 444 g/mol. The second kappa shape index (κ2) is 8.67. The van der Waals surface area contributed by atoms with Crippen molar-refractivity contribution in [2.75, 3.05) is 7.11 Å². The maximum absolute atomic E-state index is 13.1. The first kappa shape index (κ1) is 20.1. The average molecular weight is 465 g/mol. The zero-order valence-electron chi connectivity index (χ0n) is 16.7. The van der Waals surface area contributed by atoms with Gasteiger partial charge >= 0.3 is 0 Å². The maximum atomic E-state index is 13.1. The minimum Gasteiger partial charge on any atom is -0.497 e. The lowest BCUT2D eigenvalue weighted by Crippen LogP contribution is -2.23. The number of aryl methyl sites for hydroxylation is 1. The summed E-state index contributed by atoms with van der Waals surface area (Å²) in [4.78, 5) is 17.9. The van der Waals surface area contributed by atoms with Crippen molar-refractivity contribution in [2.45, 2.75) is 20.0 Å². The molecule has 4 aromatic rings. The smallest absolute Gasteiger partial charge is 0.252 e. The lowest BCUT2D eigenvalue weighted by Gasteiger charge is -2.11. The molecule has 0 spiro atoms. The Kier molecular flexibility index (Phi) is 5.81. The number of nitrogens with zero attached hydrogens (tertiary/aromatic N) is 3. The standard InChI is InChI=1S/C23H21BrN4O2/c1-3-28-14-15(13-26-28)12-25-23(29)20-11-22(16-4-7-18(30-2)8-5-16)27-21-9-6-17(24)10-19(20)21/h4-11,13-14H,3,12H2,1-2H3,(H,25,29). The van der Waals surface area contributed by atoms with Crippen LogP contribution in [0.1, 0.15) is 22.8 Å². The molecule has 152 valence electrons. The summed E-state index contributed by atoms with van der Waals surface area (Å²) in [5.74, 6) is 0.619. The number of halogens is 1. The normalized spacial score (nSPS) is 10.9. The van der Waals surface area contributed by atoms with Crippen LogP contribution in [0.25, 0.3) is 22.2 Å². The van der Waals surface area contributed by atoms with Crippen LogP contribution in [-0.4, -0.2) is 27.8 Å². The monoisotopic (exact) mass is 464 g/mol. The molecule has 0 saturated carbocycles. The van der Waals surface area contributed by atoms with Gasteiger partial charge in [-0.2, -0.15) is 5.10 Å². The Labute approximate surface area is 183 Å². The van der Waals surface area contributed by atoms with E-state index in [0.717, 1.165) is 44.5 Å². The Balaban J connectivity index is 1.70. The molecular formula is C23H21BrN4O2. The van der Waals surface area contributed by atoms with Crippen molar-refractivity contribution < 1.29 is 9.53 Å². The third kappa shape index (κ3) is 4.21. The van der Waals surface area contributed by atoms with Crippen molar-refractivity contribution in [3.8, 4) is 17.0 Å². The number of benzene rings is 2. The molecule has 1 amide bonds. The number of methoxy groups -OCH3 is 1. The topological polar surface area (TPSA) is 69.0 Å². The van der Waals surface area contributed by atoms with E-state index in [1.807, 2.05) is 66.3 Å². The molecule has 2 aromatic carbocycles. The highest BCUT2D eigenvalue weighted by atomic mass is 79.9. The van der Waals surface area contributed by atoms with E-state index in [1.54, 1.807) is 13.3 Å². The largest absolute Gasteiger partial charge is 0.497 e. The number of carbonyl (C=O) groups is 1. The summed E-state index contributed by atoms with van der Waals surface area (Å²) in [6, 6.07) is 15.2. The molecule has 0 bridgehead atoms. The van der Waals surface area contributed by atoms with Crippen LogP contribution in [0.5, 0.6) is 5.75 Å². The van der Waals surface area contributed by atoms with Crippen molar-refractivity contribution in [1.82, 2.24) is 20.1 Å². The van der Waals surface area contributed by atoms with Crippen molar-refractivity contribution in [3.63, 3.8) is 0 Å². The van der Waals surface area contributed by atoms with E-state index in [1.165, 1.54) is 0 Å². The minimum atomic E-state index is -0.153. The van der Waals surface area contributed by atoms with E-state index in [9.17, 15) is 4.79 Å². The van der Waals surface area contributed by atoms with Crippen LogP contribution >= 0.6 is 15.9 Å². The molecule has 0 unspecified atom stereocenters. The third-order valence-corrected chi connectivity index (χ3v) is 5.36. The van der Waals surface area contributed by atoms with E-state index in [2.05, 4.69) is 26.3 Å². The number of rotatable bonds is 6. The highest BCUT2D eigenvalue weighted by molar-refractivity contribution is 9.10. The highest BCUT2D eigenvalue weighted by Gasteiger charge is 2.15. The summed E-state index contributed by atoms with van der Waals surface area (Å²) in [5.41, 5.74) is 3.95. The Bertz CT molecular complexity index is 1200. The first-order valence-electron chi connectivity index (χ1n) is 9.61. The zero-order valence-corrected chi connectivity index (χ0v) is 18.3. The Morgan fingerprint density at radius 1 is 1.17 bits per heavy atom. The molecule has 6 nitrogen and oxygen atoms in total. The lowest BCUT2D eigenvalue weighted by atomic mass is 10.0. The molecule has 2 aromatic heterocycles. The van der Waals surface area contributed by atoms with Gasteiger partial charge in [0.15, 0.2) is 0 Å². The van der Waals surface area contributed by atoms with Gasteiger partial charge in [0.25, 0.3) is 5.91 Å². The fourth-order valence-electron chi connectivity index (χ4n) is 3.24. The second-order valence-corrected chi connectivity index (χ2v) is 7.75. The van der Waals surface area contributed by atoms with Crippen molar-refractivity contribution in [3.05, 3.63) is 76.5 Å². The summed E-state index contributed by atoms with van der Waals surface area (Å²) in [5, 5.41) is 8.05. The number of pyridine rings is 1. The molecule has 7 heteroatoms. The molecule has 0 aliphatic rings. The predicted octanol–water partition coefficient (Wildman–Crippen LogP) is 4.82. The van der Waals surface area contributed by atoms with E-state index in [0.29, 0.717) is 12.1 Å². The number of nitrogens with one attached hydrogen (secondary N) is 1. The molecule has 1 N–H and O–H groups in total. The number of fused-ring (bicyclic) bond motifs is 1. The fraction of sp³-hybridized carbons (Fsp3) is 0.174. The van der Waals surface area contributed by atoms with Crippen molar-refractivity contribution in [1.29, 1.82) is 0 Å². The summed E-state index contributed by atoms with van der Waals surface area (Å²) < 4.78 is 7.97. The Morgan fingerprint density at radius 2 is 1.97 bits per heavy atom. The molecule has 0 aliphatic heterocycles. The van der Waals surface area contributed by atoms with Crippen LogP contribution in [0.15, 0.2) is 65.4 Å². The quantitative estimate of drug-likeness (QED) is 0.444. The number of amides is 1. The van der Waals surface area contributed by atoms with Crippen LogP contribution < -0.4 is 10.1 Å². The molecule has 0 saturated heterocycles. The Morgan fingerprint density at radius 3 is 2.67 bits per heavy atom. The van der Waals surface area contributed by atoms with Gasteiger partial charge in [-0.3, -0.25) is 9.48 Å². The van der Waals surface area contributed by atoms with Gasteiger partial charge in [-0.25, -0.2) is 4.98 Å². The third-order valence-electron chi connectivity index (χ3n) is 4.86. The average Bonchev–Trinajstić information content (AvgIpc) is 3.25. The number of hydrogen-bond acceptors (Lipinski definition) is 4. The van der Waals surface area contributed by atoms with Gasteiger partial charge in [0.1, 0.15) is 5.75 Å². The number of aromatic nitrogens is 3. The Hall–Kier alpha value is -3.19. The van der Waals surface area contributed by atoms with Gasteiger partial charge in [-0.1, -0.05) is 15.9 Å². The highest BCUT2D eigenvalue weighted by Crippen LogP contribution is 2.28. The predicted molar refractivity (Wildman–Crippen MR) is 121 cm³/mol. The molecule has 2 heterocycles. The molecule has 0 fully saturated rings. The van der Waals surface area contributed by atoms with Crippen LogP contribution in [-0.2, 0) is 13.1 Å². The number of hydrogen-bond donors (Lipinski definition) is 1. The van der Waals surface area contributed by atoms with Crippen LogP contribution in [0.2, 0.25) is 0 Å². The van der Waals surface area contributed by atoms with Gasteiger partial charge < -0.3 is 10.1 Å². The van der Waals surface area contributed by atoms with Gasteiger partial charge in [0.2, 0.25) is 0 Å². The molecule has 0 atom stereocenters. The van der Waals surface area contributed by atoms with E-state index in [-0.39, 0.29) is 5.91 Å². The summed E-state index contributed by atoms with van der Waals surface area (Å²) in [7, 11) is 1.63. The van der Waals surface area contributed by atoms with Crippen molar-refractivity contribution in [2.24, 2.45) is 0 Å². The van der Waals surface area contributed by atoms with Crippen LogP contribution in [0.3, 0.4) is 0 Å². The lowest BCUT2D eigenvalue weighted by molar-refractivity contribution is 0.0952. The van der Waals surface area contributed by atoms with E-state index >= 15 is 0 Å². The van der Waals surface area contributed by atoms with Gasteiger partial charge in [0.05, 0.1) is 30.1 Å². The van der Waals surface area contributed by atoms with Crippen LogP contribution in [0, 0.1) is 0 Å². The molecule has 4 rings (SSSR count). The first-order valence-corrected chi connectivity index (χ1v) is 10.4. The zero-order chi connectivity index (χ0) is 21.1.